The molecular weight excluding hydrogens is 272 g/mol. The Morgan fingerprint density at radius 1 is 1.18 bits per heavy atom. The molecule has 0 aromatic rings. The van der Waals surface area contributed by atoms with Crippen LogP contribution in [0.25, 0.3) is 0 Å². The number of hydrogen-bond donors (Lipinski definition) is 0. The van der Waals surface area contributed by atoms with Gasteiger partial charge in [0.25, 0.3) is 0 Å². The molecule has 0 amide bonds. The maximum absolute atomic E-state index is 11.7. The summed E-state index contributed by atoms with van der Waals surface area (Å²) in [6.45, 7) is 0. The average molecular weight is 285 g/mol. The molecule has 1 rings (SSSR count). The van der Waals surface area contributed by atoms with E-state index in [1.807, 2.05) is 0 Å². The molecule has 3 heteroatoms. The lowest BCUT2D eigenvalue weighted by molar-refractivity contribution is 0.0462. The lowest BCUT2D eigenvalue weighted by Gasteiger charge is -2.26. The summed E-state index contributed by atoms with van der Waals surface area (Å²) in [5, 5.41) is 11.7. The molecule has 0 heterocycles. The molecule has 1 fully saturated rings. The molecule has 11 heavy (non-hydrogen) atoms. The van der Waals surface area contributed by atoms with E-state index in [0.29, 0.717) is 0 Å². The minimum atomic E-state index is -0.909. The van der Waals surface area contributed by atoms with E-state index >= 15 is 0 Å². The molecule has 0 aromatic carbocycles. The van der Waals surface area contributed by atoms with Crippen LogP contribution in [0.4, 0.5) is 0 Å². The Morgan fingerprint density at radius 3 is 2.55 bits per heavy atom. The molecule has 0 aliphatic heterocycles. The third-order valence-corrected chi connectivity index (χ3v) is 4.95. The average Bonchev–Trinajstić information content (AvgIpc) is 1.93. The Hall–Kier alpha value is 0.920. The maximum atomic E-state index is 11.7. The minimum Gasteiger partial charge on any atom is -0.216 e. The summed E-state index contributed by atoms with van der Waals surface area (Å²) in [5.74, 6) is 0. The summed E-state index contributed by atoms with van der Waals surface area (Å²) < 4.78 is -0.909. The highest BCUT2D eigenvalue weighted by Gasteiger charge is 2.34. The van der Waals surface area contributed by atoms with Crippen molar-refractivity contribution >= 4 is 31.9 Å². The SMILES string of the molecule is [O]C1(Br)CCCCCCC1Br. The van der Waals surface area contributed by atoms with E-state index in [2.05, 4.69) is 31.9 Å². The topological polar surface area (TPSA) is 19.9 Å². The van der Waals surface area contributed by atoms with Crippen molar-refractivity contribution in [2.24, 2.45) is 0 Å². The van der Waals surface area contributed by atoms with Crippen molar-refractivity contribution in [2.45, 2.75) is 47.9 Å². The van der Waals surface area contributed by atoms with Crippen LogP contribution in [0.3, 0.4) is 0 Å². The molecule has 1 aliphatic rings. The van der Waals surface area contributed by atoms with Crippen molar-refractivity contribution in [2.75, 3.05) is 0 Å². The van der Waals surface area contributed by atoms with Crippen molar-refractivity contribution in [3.63, 3.8) is 0 Å². The molecule has 2 unspecified atom stereocenters. The normalized spacial score (nSPS) is 41.2. The van der Waals surface area contributed by atoms with Crippen molar-refractivity contribution in [1.82, 2.24) is 0 Å². The maximum Gasteiger partial charge on any atom is 0.170 e. The summed E-state index contributed by atoms with van der Waals surface area (Å²) in [6, 6.07) is 0. The van der Waals surface area contributed by atoms with Crippen molar-refractivity contribution in [1.29, 1.82) is 0 Å². The number of halogens is 2. The number of hydrogen-bond acceptors (Lipinski definition) is 0. The van der Waals surface area contributed by atoms with Crippen LogP contribution in [0, 0.1) is 0 Å². The van der Waals surface area contributed by atoms with Crippen LogP contribution >= 0.6 is 31.9 Å². The number of alkyl halides is 2. The van der Waals surface area contributed by atoms with Crippen LogP contribution in [0.5, 0.6) is 0 Å². The van der Waals surface area contributed by atoms with Crippen LogP contribution in [0.1, 0.15) is 38.5 Å². The molecule has 0 N–H and O–H groups in total. The van der Waals surface area contributed by atoms with E-state index in [9.17, 15) is 5.11 Å². The van der Waals surface area contributed by atoms with E-state index in [4.69, 9.17) is 0 Å². The van der Waals surface area contributed by atoms with Gasteiger partial charge in [-0.15, -0.1) is 0 Å². The first-order valence-corrected chi connectivity index (χ1v) is 5.87. The Balaban J connectivity index is 2.47. The smallest absolute Gasteiger partial charge is 0.170 e. The Morgan fingerprint density at radius 2 is 1.82 bits per heavy atom. The molecule has 0 saturated heterocycles. The van der Waals surface area contributed by atoms with Crippen LogP contribution in [0.15, 0.2) is 0 Å². The molecule has 0 bridgehead atoms. The highest BCUT2D eigenvalue weighted by molar-refractivity contribution is 9.12. The molecular formula is C8H13Br2O. The Labute approximate surface area is 84.8 Å². The second kappa shape index (κ2) is 4.24. The highest BCUT2D eigenvalue weighted by atomic mass is 79.9. The van der Waals surface area contributed by atoms with Gasteiger partial charge in [0.2, 0.25) is 0 Å². The van der Waals surface area contributed by atoms with Crippen molar-refractivity contribution in [3.8, 4) is 0 Å². The third kappa shape index (κ3) is 3.03. The third-order valence-electron chi connectivity index (χ3n) is 2.19. The van der Waals surface area contributed by atoms with Gasteiger partial charge in [-0.25, -0.2) is 5.11 Å². The standard InChI is InChI=1S/C8H13Br2O/c9-7-5-3-1-2-4-6-8(7,10)11/h7H,1-6H2. The molecule has 2 atom stereocenters. The van der Waals surface area contributed by atoms with E-state index < -0.39 is 4.51 Å². The van der Waals surface area contributed by atoms with E-state index in [0.717, 1.165) is 19.3 Å². The Bertz CT molecular complexity index is 125. The summed E-state index contributed by atoms with van der Waals surface area (Å²) in [5.41, 5.74) is 0. The fourth-order valence-corrected chi connectivity index (χ4v) is 2.48. The second-order valence-corrected chi connectivity index (χ2v) is 5.65. The van der Waals surface area contributed by atoms with Crippen LogP contribution in [-0.4, -0.2) is 9.34 Å². The van der Waals surface area contributed by atoms with E-state index in [1.165, 1.54) is 19.3 Å². The summed E-state index contributed by atoms with van der Waals surface area (Å²) >= 11 is 6.68. The predicted octanol–water partition coefficient (Wildman–Crippen LogP) is 3.63. The van der Waals surface area contributed by atoms with Crippen molar-refractivity contribution < 1.29 is 5.11 Å². The summed E-state index contributed by atoms with van der Waals surface area (Å²) in [7, 11) is 0. The van der Waals surface area contributed by atoms with Gasteiger partial charge in [0.05, 0.1) is 4.83 Å². The minimum absolute atomic E-state index is 0.107. The van der Waals surface area contributed by atoms with E-state index in [-0.39, 0.29) is 4.83 Å². The Kier molecular flexibility index (Phi) is 3.86. The van der Waals surface area contributed by atoms with Crippen molar-refractivity contribution in [3.05, 3.63) is 0 Å². The van der Waals surface area contributed by atoms with Gasteiger partial charge < -0.3 is 0 Å². The van der Waals surface area contributed by atoms with Gasteiger partial charge in [-0.05, 0) is 35.2 Å². The zero-order valence-corrected chi connectivity index (χ0v) is 9.66. The first-order chi connectivity index (χ1) is 5.13. The molecule has 0 aromatic heterocycles. The highest BCUT2D eigenvalue weighted by Crippen LogP contribution is 2.36. The van der Waals surface area contributed by atoms with Crippen LogP contribution in [-0.2, 0) is 5.11 Å². The molecule has 1 nitrogen and oxygen atoms in total. The monoisotopic (exact) mass is 283 g/mol. The number of rotatable bonds is 0. The first kappa shape index (κ1) is 10.0. The molecule has 1 radical (unpaired) electrons. The lowest BCUT2D eigenvalue weighted by atomic mass is 9.98. The van der Waals surface area contributed by atoms with Gasteiger partial charge in [0, 0.05) is 0 Å². The first-order valence-electron chi connectivity index (χ1n) is 4.16. The van der Waals surface area contributed by atoms with Gasteiger partial charge in [0.1, 0.15) is 0 Å². The zero-order valence-electron chi connectivity index (χ0n) is 6.48. The van der Waals surface area contributed by atoms with Gasteiger partial charge in [-0.3, -0.25) is 0 Å². The van der Waals surface area contributed by atoms with Crippen LogP contribution < -0.4 is 0 Å². The lowest BCUT2D eigenvalue weighted by Crippen LogP contribution is -2.31. The van der Waals surface area contributed by atoms with Gasteiger partial charge >= 0.3 is 0 Å². The predicted molar refractivity (Wildman–Crippen MR) is 52.8 cm³/mol. The fraction of sp³-hybridized carbons (Fsp3) is 1.00. The van der Waals surface area contributed by atoms with Gasteiger partial charge in [0.15, 0.2) is 4.51 Å². The van der Waals surface area contributed by atoms with Gasteiger partial charge in [-0.2, -0.15) is 0 Å². The summed E-state index contributed by atoms with van der Waals surface area (Å²) in [6.07, 6.45) is 6.51. The largest absolute Gasteiger partial charge is 0.216 e. The zero-order chi connectivity index (χ0) is 8.32. The molecule has 1 aliphatic carbocycles. The summed E-state index contributed by atoms with van der Waals surface area (Å²) in [4.78, 5) is 0.107. The van der Waals surface area contributed by atoms with Gasteiger partial charge in [-0.1, -0.05) is 35.2 Å². The molecule has 0 spiro atoms. The second-order valence-electron chi connectivity index (χ2n) is 3.21. The van der Waals surface area contributed by atoms with E-state index in [1.54, 1.807) is 0 Å². The quantitative estimate of drug-likeness (QED) is 0.606. The molecule has 65 valence electrons. The molecule has 1 saturated carbocycles. The fourth-order valence-electron chi connectivity index (χ4n) is 1.42. The van der Waals surface area contributed by atoms with Crippen LogP contribution in [0.2, 0.25) is 0 Å².